The summed E-state index contributed by atoms with van der Waals surface area (Å²) in [6.07, 6.45) is 7.91. The van der Waals surface area contributed by atoms with Crippen LogP contribution in [0.15, 0.2) is 37.1 Å². The van der Waals surface area contributed by atoms with E-state index in [4.69, 9.17) is 9.47 Å². The maximum atomic E-state index is 14.5. The lowest BCUT2D eigenvalue weighted by Crippen LogP contribution is -2.48. The van der Waals surface area contributed by atoms with Gasteiger partial charge in [0.15, 0.2) is 5.78 Å². The molecule has 2 aromatic rings. The number of fused-ring (bicyclic) bond motifs is 3. The topological polar surface area (TPSA) is 149 Å². The number of sulfonamides is 1. The van der Waals surface area contributed by atoms with Crippen molar-refractivity contribution in [1.29, 1.82) is 0 Å². The molecule has 0 spiro atoms. The number of Topliss-reactive ketones (excluding diaryl/α,β-unsaturated/α-hetero) is 1. The molecule has 2 aliphatic heterocycles. The third-order valence-electron chi connectivity index (χ3n) is 11.2. The van der Waals surface area contributed by atoms with Gasteiger partial charge in [-0.05, 0) is 91.3 Å². The molecule has 1 N–H and O–H groups in total. The lowest BCUT2D eigenvalue weighted by Gasteiger charge is -2.34. The van der Waals surface area contributed by atoms with Crippen LogP contribution in [-0.2, 0) is 46.8 Å². The average Bonchev–Trinajstić information content (AvgIpc) is 4.00. The third kappa shape index (κ3) is 7.85. The highest BCUT2D eigenvalue weighted by Crippen LogP contribution is 2.57. The molecule has 4 bridgehead atoms. The largest absolute Gasteiger partial charge is 0.472 e. The van der Waals surface area contributed by atoms with Crippen LogP contribution in [0.2, 0.25) is 0 Å². The summed E-state index contributed by atoms with van der Waals surface area (Å²) in [4.78, 5) is 61.7. The number of nitrogens with one attached hydrogen (secondary N) is 1. The van der Waals surface area contributed by atoms with E-state index in [1.165, 1.54) is 10.5 Å². The number of pyridine rings is 1. The van der Waals surface area contributed by atoms with Crippen LogP contribution < -0.4 is 9.46 Å². The van der Waals surface area contributed by atoms with Crippen LogP contribution in [0.25, 0.3) is 10.8 Å². The number of ether oxygens (including phenoxy) is 2. The van der Waals surface area contributed by atoms with Gasteiger partial charge >= 0.3 is 5.97 Å². The number of aromatic nitrogens is 1. The van der Waals surface area contributed by atoms with E-state index in [0.29, 0.717) is 25.1 Å². The number of esters is 1. The van der Waals surface area contributed by atoms with Crippen molar-refractivity contribution in [2.24, 2.45) is 22.7 Å². The summed E-state index contributed by atoms with van der Waals surface area (Å²) in [6, 6.07) is 5.35. The van der Waals surface area contributed by atoms with Gasteiger partial charge in [0, 0.05) is 24.4 Å². The molecule has 1 saturated heterocycles. The van der Waals surface area contributed by atoms with Crippen molar-refractivity contribution in [3.05, 3.63) is 48.2 Å². The number of ketones is 1. The number of benzene rings is 1. The minimum Gasteiger partial charge on any atom is -0.472 e. The van der Waals surface area contributed by atoms with Gasteiger partial charge in [0.25, 0.3) is 0 Å². The fraction of sp³-hybridized carbons (Fsp3) is 0.615. The molecule has 2 aliphatic carbocycles. The van der Waals surface area contributed by atoms with E-state index < -0.39 is 56.0 Å². The lowest BCUT2D eigenvalue weighted by molar-refractivity contribution is -0.153. The molecule has 4 aliphatic rings. The number of allylic oxidation sites excluding steroid dienone is 1. The second kappa shape index (κ2) is 14.3. The fourth-order valence-corrected chi connectivity index (χ4v) is 9.20. The molecule has 11 nitrogen and oxygen atoms in total. The molecule has 276 valence electrons. The Morgan fingerprint density at radius 3 is 2.57 bits per heavy atom. The van der Waals surface area contributed by atoms with Crippen molar-refractivity contribution in [2.45, 2.75) is 116 Å². The molecule has 1 aromatic carbocycles. The molecule has 12 heteroatoms. The summed E-state index contributed by atoms with van der Waals surface area (Å²) < 4.78 is 39.9. The summed E-state index contributed by atoms with van der Waals surface area (Å²) in [7, 11) is -3.83. The summed E-state index contributed by atoms with van der Waals surface area (Å²) in [5, 5.41) is 1.32. The predicted octanol–water partition coefficient (Wildman–Crippen LogP) is 5.23. The third-order valence-corrected chi connectivity index (χ3v) is 13.0. The minimum atomic E-state index is -3.83. The van der Waals surface area contributed by atoms with Gasteiger partial charge in [0.1, 0.15) is 6.10 Å². The monoisotopic (exact) mass is 721 g/mol. The van der Waals surface area contributed by atoms with E-state index in [1.54, 1.807) is 12.3 Å². The maximum absolute atomic E-state index is 14.5. The van der Waals surface area contributed by atoms with Crippen molar-refractivity contribution < 1.29 is 37.1 Å². The van der Waals surface area contributed by atoms with Gasteiger partial charge < -0.3 is 14.4 Å². The van der Waals surface area contributed by atoms with Crippen molar-refractivity contribution in [1.82, 2.24) is 14.6 Å². The van der Waals surface area contributed by atoms with Crippen molar-refractivity contribution in [3.63, 3.8) is 0 Å². The quantitative estimate of drug-likeness (QED) is 0.286. The summed E-state index contributed by atoms with van der Waals surface area (Å²) in [5.41, 5.74) is 0.429. The smallest absolute Gasteiger partial charge is 0.306 e. The Balaban J connectivity index is 1.35. The van der Waals surface area contributed by atoms with E-state index in [9.17, 15) is 27.6 Å². The summed E-state index contributed by atoms with van der Waals surface area (Å²) in [5.74, 6) is -2.62. The normalized spacial score (nSPS) is 27.6. The van der Waals surface area contributed by atoms with Gasteiger partial charge in [-0.2, -0.15) is 0 Å². The molecule has 3 fully saturated rings. The van der Waals surface area contributed by atoms with Crippen molar-refractivity contribution in [3.8, 4) is 5.88 Å². The molecule has 2 amide bonds. The highest BCUT2D eigenvalue weighted by Gasteiger charge is 2.61. The van der Waals surface area contributed by atoms with Gasteiger partial charge in [0.05, 0.1) is 42.2 Å². The number of carbonyl (C=O) groups excluding carboxylic acids is 4. The van der Waals surface area contributed by atoms with Gasteiger partial charge in [0.2, 0.25) is 27.7 Å². The van der Waals surface area contributed by atoms with Crippen LogP contribution in [0.1, 0.15) is 96.6 Å². The summed E-state index contributed by atoms with van der Waals surface area (Å²) in [6.45, 7) is 11.9. The number of carbonyl (C=O) groups is 4. The van der Waals surface area contributed by atoms with Gasteiger partial charge in [-0.25, -0.2) is 13.4 Å². The molecule has 3 heterocycles. The van der Waals surface area contributed by atoms with E-state index >= 15 is 0 Å². The van der Waals surface area contributed by atoms with Crippen LogP contribution in [0.3, 0.4) is 0 Å². The Morgan fingerprint density at radius 2 is 1.90 bits per heavy atom. The molecule has 0 radical (unpaired) electrons. The van der Waals surface area contributed by atoms with E-state index in [2.05, 4.69) is 35.3 Å². The van der Waals surface area contributed by atoms with E-state index in [0.717, 1.165) is 42.0 Å². The molecule has 1 aromatic heterocycles. The molecule has 2 saturated carbocycles. The lowest BCUT2D eigenvalue weighted by atomic mass is 9.77. The summed E-state index contributed by atoms with van der Waals surface area (Å²) >= 11 is 0. The molecular weight excluding hydrogens is 671 g/mol. The standard InChI is InChI=1S/C39H51N3O8S/c1-6-25-17-24-11-9-8-10-16-49-34(44)20-31(38(3,4)5)36(45)42-23-27(50-35-30(18-24)29(25)14-15-40-35)19-32(42)33(43)22-39(21-26(39)7-2)37(46)41-51(47,48)28-12-13-28/h7,14-15,17-18,26-28,31-32H,2,6,8-13,16,19-23H2,1,3-5H3,(H,41,46)/t26?,27-,31-,32+,39?/m1/s1. The Kier molecular flexibility index (Phi) is 10.4. The van der Waals surface area contributed by atoms with Crippen LogP contribution in [-0.4, -0.2) is 72.4 Å². The zero-order valence-electron chi connectivity index (χ0n) is 30.2. The Labute approximate surface area is 301 Å². The van der Waals surface area contributed by atoms with Crippen LogP contribution in [0.4, 0.5) is 0 Å². The maximum Gasteiger partial charge on any atom is 0.306 e. The molecule has 5 atom stereocenters. The first kappa shape index (κ1) is 37.0. The number of rotatable bonds is 8. The SMILES string of the molecule is C=CC1CC1(CC(=O)[C@@H]1C[C@@H]2CN1C(=O)[C@H](C(C)(C)C)CC(=O)OCCCCCc1cc(CC)c3ccnc(c3c1)O2)C(=O)NS(=O)(=O)C1CC1. The highest BCUT2D eigenvalue weighted by molar-refractivity contribution is 7.90. The van der Waals surface area contributed by atoms with E-state index in [1.807, 2.05) is 26.8 Å². The molecule has 51 heavy (non-hydrogen) atoms. The van der Waals surface area contributed by atoms with Gasteiger partial charge in [-0.15, -0.1) is 6.58 Å². The Bertz CT molecular complexity index is 1830. The second-order valence-corrected chi connectivity index (χ2v) is 17.9. The number of hydrogen-bond donors (Lipinski definition) is 1. The second-order valence-electron chi connectivity index (χ2n) is 16.0. The highest BCUT2D eigenvalue weighted by atomic mass is 32.2. The van der Waals surface area contributed by atoms with Crippen molar-refractivity contribution in [2.75, 3.05) is 13.2 Å². The number of amides is 2. The first-order valence-electron chi connectivity index (χ1n) is 18.4. The first-order chi connectivity index (χ1) is 24.2. The average molecular weight is 722 g/mol. The predicted molar refractivity (Wildman–Crippen MR) is 192 cm³/mol. The zero-order valence-corrected chi connectivity index (χ0v) is 31.1. The van der Waals surface area contributed by atoms with Crippen LogP contribution in [0.5, 0.6) is 5.88 Å². The molecule has 2 unspecified atom stereocenters. The first-order valence-corrected chi connectivity index (χ1v) is 20.0. The zero-order chi connectivity index (χ0) is 36.7. The van der Waals surface area contributed by atoms with Gasteiger partial charge in [-0.1, -0.05) is 39.8 Å². The molecular formula is C39H51N3O8S. The van der Waals surface area contributed by atoms with Gasteiger partial charge in [-0.3, -0.25) is 23.9 Å². The van der Waals surface area contributed by atoms with Crippen LogP contribution in [0, 0.1) is 22.7 Å². The minimum absolute atomic E-state index is 0.0788. The number of nitrogens with zero attached hydrogens (tertiary/aromatic N) is 2. The van der Waals surface area contributed by atoms with Crippen molar-refractivity contribution >= 4 is 44.4 Å². The Hall–Kier alpha value is -3.80. The Morgan fingerprint density at radius 1 is 1.14 bits per heavy atom. The van der Waals surface area contributed by atoms with Crippen LogP contribution >= 0.6 is 0 Å². The number of hydrogen-bond acceptors (Lipinski definition) is 9. The number of cyclic esters (lactones) is 1. The molecule has 6 rings (SSSR count). The number of aryl methyl sites for hydroxylation is 2. The fourth-order valence-electron chi connectivity index (χ4n) is 7.81. The van der Waals surface area contributed by atoms with E-state index in [-0.39, 0.29) is 56.4 Å².